The second kappa shape index (κ2) is 7.36. The maximum atomic E-state index is 13.1. The lowest BCUT2D eigenvalue weighted by atomic mass is 10.2. The van der Waals surface area contributed by atoms with Gasteiger partial charge in [0, 0.05) is 38.6 Å². The van der Waals surface area contributed by atoms with E-state index in [4.69, 9.17) is 11.6 Å². The van der Waals surface area contributed by atoms with Gasteiger partial charge in [0.2, 0.25) is 0 Å². The van der Waals surface area contributed by atoms with Crippen LogP contribution in [0.1, 0.15) is 5.56 Å². The summed E-state index contributed by atoms with van der Waals surface area (Å²) in [6.45, 7) is 1.05. The Morgan fingerprint density at radius 1 is 1.12 bits per heavy atom. The van der Waals surface area contributed by atoms with Gasteiger partial charge in [-0.15, -0.1) is 0 Å². The minimum atomic E-state index is -4.47. The molecule has 0 radical (unpaired) electrons. The molecule has 0 aliphatic carbocycles. The number of hydrogen-bond donors (Lipinski definition) is 1. The van der Waals surface area contributed by atoms with Crippen LogP contribution in [0.5, 0.6) is 0 Å². The number of rotatable bonds is 2. The summed E-state index contributed by atoms with van der Waals surface area (Å²) in [7, 11) is 0. The van der Waals surface area contributed by atoms with Crippen molar-refractivity contribution in [3.05, 3.63) is 47.2 Å². The molecule has 3 heterocycles. The molecular formula is C16H15ClF3N5O. The highest BCUT2D eigenvalue weighted by Gasteiger charge is 2.36. The Morgan fingerprint density at radius 3 is 2.46 bits per heavy atom. The number of hydrogen-bond acceptors (Lipinski definition) is 4. The third-order valence-electron chi connectivity index (χ3n) is 3.92. The first-order chi connectivity index (χ1) is 12.3. The number of urea groups is 1. The number of anilines is 2. The van der Waals surface area contributed by atoms with Gasteiger partial charge < -0.3 is 9.80 Å². The number of aromatic nitrogens is 2. The quantitative estimate of drug-likeness (QED) is 0.859. The Kier molecular flexibility index (Phi) is 5.17. The van der Waals surface area contributed by atoms with E-state index in [2.05, 4.69) is 15.3 Å². The van der Waals surface area contributed by atoms with E-state index < -0.39 is 11.7 Å². The van der Waals surface area contributed by atoms with Crippen molar-refractivity contribution in [2.75, 3.05) is 36.4 Å². The molecule has 10 heteroatoms. The van der Waals surface area contributed by atoms with Crippen LogP contribution < -0.4 is 10.2 Å². The van der Waals surface area contributed by atoms with Gasteiger partial charge in [-0.25, -0.2) is 14.8 Å². The highest BCUT2D eigenvalue weighted by atomic mass is 35.5. The van der Waals surface area contributed by atoms with E-state index in [1.165, 1.54) is 28.3 Å². The third-order valence-corrected chi connectivity index (χ3v) is 4.14. The predicted octanol–water partition coefficient (Wildman–Crippen LogP) is 3.50. The average Bonchev–Trinajstić information content (AvgIpc) is 2.63. The van der Waals surface area contributed by atoms with Gasteiger partial charge >= 0.3 is 12.2 Å². The fourth-order valence-electron chi connectivity index (χ4n) is 2.63. The minimum Gasteiger partial charge on any atom is -0.353 e. The van der Waals surface area contributed by atoms with E-state index in [9.17, 15) is 18.0 Å². The number of pyridine rings is 2. The number of piperazine rings is 1. The lowest BCUT2D eigenvalue weighted by molar-refractivity contribution is -0.137. The van der Waals surface area contributed by atoms with Crippen molar-refractivity contribution >= 4 is 29.3 Å². The second-order valence-electron chi connectivity index (χ2n) is 5.64. The summed E-state index contributed by atoms with van der Waals surface area (Å²) in [4.78, 5) is 23.2. The number of halogens is 4. The molecule has 1 fully saturated rings. The molecule has 0 aromatic carbocycles. The summed E-state index contributed by atoms with van der Waals surface area (Å²) in [5, 5.41) is 3.08. The Morgan fingerprint density at radius 2 is 1.85 bits per heavy atom. The van der Waals surface area contributed by atoms with Crippen LogP contribution in [0, 0.1) is 0 Å². The highest BCUT2D eigenvalue weighted by Crippen LogP contribution is 2.35. The van der Waals surface area contributed by atoms with Gasteiger partial charge in [-0.2, -0.15) is 13.2 Å². The lowest BCUT2D eigenvalue weighted by Crippen LogP contribution is -2.50. The summed E-state index contributed by atoms with van der Waals surface area (Å²) >= 11 is 5.74. The lowest BCUT2D eigenvalue weighted by Gasteiger charge is -2.36. The zero-order chi connectivity index (χ0) is 18.7. The van der Waals surface area contributed by atoms with Crippen molar-refractivity contribution in [2.24, 2.45) is 0 Å². The Bertz CT molecular complexity index is 776. The smallest absolute Gasteiger partial charge is 0.353 e. The number of nitrogens with zero attached hydrogens (tertiary/aromatic N) is 4. The van der Waals surface area contributed by atoms with Crippen molar-refractivity contribution in [3.63, 3.8) is 0 Å². The van der Waals surface area contributed by atoms with Crippen LogP contribution in [0.3, 0.4) is 0 Å². The number of carbonyl (C=O) groups excluding carboxylic acids is 1. The fraction of sp³-hybridized carbons (Fsp3) is 0.312. The van der Waals surface area contributed by atoms with Crippen LogP contribution in [0.2, 0.25) is 5.02 Å². The molecule has 6 nitrogen and oxygen atoms in total. The molecule has 0 atom stereocenters. The molecule has 2 amide bonds. The Labute approximate surface area is 152 Å². The zero-order valence-corrected chi connectivity index (χ0v) is 14.3. The summed E-state index contributed by atoms with van der Waals surface area (Å²) in [5.74, 6) is 0.241. The minimum absolute atomic E-state index is 0.112. The number of nitrogens with one attached hydrogen (secondary N) is 1. The van der Waals surface area contributed by atoms with E-state index >= 15 is 0 Å². The largest absolute Gasteiger partial charge is 0.419 e. The second-order valence-corrected chi connectivity index (χ2v) is 6.07. The van der Waals surface area contributed by atoms with Crippen LogP contribution in [0.25, 0.3) is 0 Å². The first-order valence-corrected chi connectivity index (χ1v) is 8.17. The molecule has 0 bridgehead atoms. The van der Waals surface area contributed by atoms with Crippen molar-refractivity contribution in [1.82, 2.24) is 14.9 Å². The molecule has 1 aliphatic rings. The van der Waals surface area contributed by atoms with Gasteiger partial charge in [0.25, 0.3) is 0 Å². The molecule has 0 spiro atoms. The van der Waals surface area contributed by atoms with Gasteiger partial charge in [0.05, 0.1) is 10.6 Å². The van der Waals surface area contributed by atoms with Crippen LogP contribution in [-0.4, -0.2) is 47.1 Å². The molecular weight excluding hydrogens is 371 g/mol. The normalized spacial score (nSPS) is 15.1. The van der Waals surface area contributed by atoms with Gasteiger partial charge in [-0.1, -0.05) is 11.6 Å². The van der Waals surface area contributed by atoms with Crippen LogP contribution in [-0.2, 0) is 6.18 Å². The van der Waals surface area contributed by atoms with Crippen molar-refractivity contribution in [3.8, 4) is 0 Å². The predicted molar refractivity (Wildman–Crippen MR) is 91.3 cm³/mol. The van der Waals surface area contributed by atoms with Gasteiger partial charge in [-0.05, 0) is 24.3 Å². The molecule has 1 N–H and O–H groups in total. The SMILES string of the molecule is O=C(Nc1ccc(Cl)cn1)N1CCN(c2ncccc2C(F)(F)F)CC1. The molecule has 26 heavy (non-hydrogen) atoms. The summed E-state index contributed by atoms with van der Waals surface area (Å²) in [6, 6.07) is 5.07. The number of alkyl halides is 3. The van der Waals surface area contributed by atoms with Crippen molar-refractivity contribution in [1.29, 1.82) is 0 Å². The van der Waals surface area contributed by atoms with Crippen molar-refractivity contribution in [2.45, 2.75) is 6.18 Å². The summed E-state index contributed by atoms with van der Waals surface area (Å²) in [6.07, 6.45) is -1.73. The van der Waals surface area contributed by atoms with E-state index in [1.807, 2.05) is 0 Å². The topological polar surface area (TPSA) is 61.4 Å². The molecule has 0 unspecified atom stereocenters. The molecule has 0 saturated carbocycles. The first kappa shape index (κ1) is 18.2. The van der Waals surface area contributed by atoms with Crippen LogP contribution in [0.4, 0.5) is 29.6 Å². The van der Waals surface area contributed by atoms with Gasteiger partial charge in [-0.3, -0.25) is 5.32 Å². The monoisotopic (exact) mass is 385 g/mol. The maximum Gasteiger partial charge on any atom is 0.419 e. The highest BCUT2D eigenvalue weighted by molar-refractivity contribution is 6.30. The standard InChI is InChI=1S/C16H15ClF3N5O/c17-11-3-4-13(22-10-11)23-15(26)25-8-6-24(7-9-25)14-12(16(18,19)20)2-1-5-21-14/h1-5,10H,6-9H2,(H,22,23,26). The molecule has 138 valence electrons. The van der Waals surface area contributed by atoms with Gasteiger partial charge in [0.1, 0.15) is 11.6 Å². The van der Waals surface area contributed by atoms with Crippen LogP contribution >= 0.6 is 11.6 Å². The Balaban J connectivity index is 1.63. The molecule has 1 saturated heterocycles. The van der Waals surface area contributed by atoms with E-state index in [1.54, 1.807) is 12.1 Å². The maximum absolute atomic E-state index is 13.1. The fourth-order valence-corrected chi connectivity index (χ4v) is 2.74. The number of amides is 2. The molecule has 3 rings (SSSR count). The molecule has 1 aliphatic heterocycles. The third kappa shape index (κ3) is 4.16. The average molecular weight is 386 g/mol. The van der Waals surface area contributed by atoms with E-state index in [0.29, 0.717) is 10.8 Å². The molecule has 2 aromatic rings. The van der Waals surface area contributed by atoms with E-state index in [-0.39, 0.29) is 38.0 Å². The zero-order valence-electron chi connectivity index (χ0n) is 13.5. The van der Waals surface area contributed by atoms with Crippen molar-refractivity contribution < 1.29 is 18.0 Å². The molecule has 2 aromatic heterocycles. The van der Waals surface area contributed by atoms with Gasteiger partial charge in [0.15, 0.2) is 0 Å². The number of carbonyl (C=O) groups is 1. The Hall–Kier alpha value is -2.55. The summed E-state index contributed by atoms with van der Waals surface area (Å²) in [5.41, 5.74) is -0.775. The van der Waals surface area contributed by atoms with E-state index in [0.717, 1.165) is 6.07 Å². The first-order valence-electron chi connectivity index (χ1n) is 7.79. The van der Waals surface area contributed by atoms with Crippen LogP contribution in [0.15, 0.2) is 36.7 Å². The summed E-state index contributed by atoms with van der Waals surface area (Å²) < 4.78 is 39.4.